The van der Waals surface area contributed by atoms with Crippen molar-refractivity contribution in [3.8, 4) is 5.75 Å². The van der Waals surface area contributed by atoms with Gasteiger partial charge >= 0.3 is 5.97 Å². The number of nitrogens with one attached hydrogen (secondary N) is 2. The van der Waals surface area contributed by atoms with Gasteiger partial charge in [-0.25, -0.2) is 4.79 Å². The topological polar surface area (TPSA) is 80.4 Å². The number of aromatic nitrogens is 1. The summed E-state index contributed by atoms with van der Waals surface area (Å²) < 4.78 is 10.1. The van der Waals surface area contributed by atoms with Crippen LogP contribution in [0.3, 0.4) is 0 Å². The zero-order chi connectivity index (χ0) is 19.9. The maximum atomic E-state index is 13.2. The van der Waals surface area contributed by atoms with E-state index in [1.54, 1.807) is 19.2 Å². The number of aromatic amines is 1. The monoisotopic (exact) mass is 378 g/mol. The molecule has 0 saturated heterocycles. The van der Waals surface area contributed by atoms with E-state index in [-0.39, 0.29) is 11.6 Å². The van der Waals surface area contributed by atoms with E-state index in [1.807, 2.05) is 37.3 Å². The SMILES string of the molecule is COC(=O)c1[nH]c2cc(OC)ccc2c1NC(=O)C1(c2ccc(C)cc2)CC1. The van der Waals surface area contributed by atoms with Gasteiger partial charge in [0.05, 0.1) is 30.8 Å². The molecule has 1 amide bonds. The molecular formula is C22H22N2O4. The van der Waals surface area contributed by atoms with Gasteiger partial charge < -0.3 is 19.8 Å². The van der Waals surface area contributed by atoms with E-state index in [0.29, 0.717) is 17.0 Å². The van der Waals surface area contributed by atoms with Gasteiger partial charge in [-0.3, -0.25) is 4.79 Å². The number of ether oxygens (including phenoxy) is 2. The first-order valence-electron chi connectivity index (χ1n) is 9.15. The Kier molecular flexibility index (Phi) is 4.34. The highest BCUT2D eigenvalue weighted by Crippen LogP contribution is 2.49. The molecule has 4 rings (SSSR count). The summed E-state index contributed by atoms with van der Waals surface area (Å²) in [5, 5.41) is 3.72. The van der Waals surface area contributed by atoms with Gasteiger partial charge in [0.15, 0.2) is 0 Å². The number of H-pyrrole nitrogens is 1. The molecule has 0 aliphatic heterocycles. The number of methoxy groups -OCH3 is 2. The summed E-state index contributed by atoms with van der Waals surface area (Å²) in [7, 11) is 2.89. The van der Waals surface area contributed by atoms with Crippen molar-refractivity contribution in [1.29, 1.82) is 0 Å². The Balaban J connectivity index is 1.73. The Morgan fingerprint density at radius 3 is 2.39 bits per heavy atom. The Bertz CT molecular complexity index is 1060. The third-order valence-electron chi connectivity index (χ3n) is 5.42. The number of rotatable bonds is 5. The summed E-state index contributed by atoms with van der Waals surface area (Å²) in [6.45, 7) is 2.02. The molecule has 144 valence electrons. The van der Waals surface area contributed by atoms with Crippen LogP contribution in [0.5, 0.6) is 5.75 Å². The number of amides is 1. The van der Waals surface area contributed by atoms with Crippen molar-refractivity contribution in [1.82, 2.24) is 4.98 Å². The van der Waals surface area contributed by atoms with Crippen LogP contribution in [-0.2, 0) is 14.9 Å². The van der Waals surface area contributed by atoms with E-state index >= 15 is 0 Å². The summed E-state index contributed by atoms with van der Waals surface area (Å²) in [5.41, 5.74) is 2.95. The molecule has 6 nitrogen and oxygen atoms in total. The maximum Gasteiger partial charge on any atom is 0.356 e. The van der Waals surface area contributed by atoms with Crippen molar-refractivity contribution in [2.24, 2.45) is 0 Å². The minimum Gasteiger partial charge on any atom is -0.497 e. The number of benzene rings is 2. The van der Waals surface area contributed by atoms with Gasteiger partial charge in [-0.15, -0.1) is 0 Å². The Morgan fingerprint density at radius 2 is 1.79 bits per heavy atom. The predicted octanol–water partition coefficient (Wildman–Crippen LogP) is 3.94. The standard InChI is InChI=1S/C22H22N2O4/c1-13-4-6-14(7-5-13)22(10-11-22)21(26)24-18-16-9-8-15(27-2)12-17(16)23-19(18)20(25)28-3/h4-9,12,23H,10-11H2,1-3H3,(H,24,26). The lowest BCUT2D eigenvalue weighted by Gasteiger charge is -2.16. The lowest BCUT2D eigenvalue weighted by molar-refractivity contribution is -0.118. The van der Waals surface area contributed by atoms with Gasteiger partial charge in [-0.1, -0.05) is 29.8 Å². The highest BCUT2D eigenvalue weighted by molar-refractivity contribution is 6.13. The van der Waals surface area contributed by atoms with E-state index in [4.69, 9.17) is 9.47 Å². The van der Waals surface area contributed by atoms with Crippen molar-refractivity contribution < 1.29 is 19.1 Å². The number of carbonyl (C=O) groups is 2. The summed E-state index contributed by atoms with van der Waals surface area (Å²) in [6.07, 6.45) is 1.57. The number of anilines is 1. The number of fused-ring (bicyclic) bond motifs is 1. The van der Waals surface area contributed by atoms with Crippen molar-refractivity contribution >= 4 is 28.5 Å². The van der Waals surface area contributed by atoms with Crippen molar-refractivity contribution in [2.75, 3.05) is 19.5 Å². The highest BCUT2D eigenvalue weighted by atomic mass is 16.5. The van der Waals surface area contributed by atoms with Crippen LogP contribution in [-0.4, -0.2) is 31.1 Å². The molecule has 1 saturated carbocycles. The van der Waals surface area contributed by atoms with Crippen molar-refractivity contribution in [3.05, 3.63) is 59.3 Å². The molecule has 28 heavy (non-hydrogen) atoms. The van der Waals surface area contributed by atoms with Crippen molar-refractivity contribution in [2.45, 2.75) is 25.2 Å². The first-order valence-corrected chi connectivity index (χ1v) is 9.15. The fraction of sp³-hybridized carbons (Fsp3) is 0.273. The molecule has 6 heteroatoms. The first-order chi connectivity index (χ1) is 13.5. The molecule has 1 fully saturated rings. The molecule has 0 spiro atoms. The zero-order valence-electron chi connectivity index (χ0n) is 16.1. The van der Waals surface area contributed by atoms with E-state index in [9.17, 15) is 9.59 Å². The molecule has 1 aliphatic rings. The lowest BCUT2D eigenvalue weighted by atomic mass is 9.94. The molecule has 2 aromatic carbocycles. The average molecular weight is 378 g/mol. The largest absolute Gasteiger partial charge is 0.497 e. The van der Waals surface area contributed by atoms with Crippen LogP contribution in [0.2, 0.25) is 0 Å². The van der Waals surface area contributed by atoms with Crippen LogP contribution in [0.1, 0.15) is 34.5 Å². The van der Waals surface area contributed by atoms with Gasteiger partial charge in [0.25, 0.3) is 0 Å². The summed E-state index contributed by atoms with van der Waals surface area (Å²) in [4.78, 5) is 28.5. The molecule has 0 radical (unpaired) electrons. The predicted molar refractivity (Wildman–Crippen MR) is 107 cm³/mol. The molecule has 0 atom stereocenters. The minimum absolute atomic E-state index is 0.113. The van der Waals surface area contributed by atoms with Gasteiger partial charge in [0, 0.05) is 11.5 Å². The second kappa shape index (κ2) is 6.71. The van der Waals surface area contributed by atoms with Gasteiger partial charge in [-0.2, -0.15) is 0 Å². The Labute approximate surface area is 162 Å². The Hall–Kier alpha value is -3.28. The van der Waals surface area contributed by atoms with Crippen LogP contribution in [0.15, 0.2) is 42.5 Å². The summed E-state index contributed by atoms with van der Waals surface area (Å²) in [6, 6.07) is 13.4. The van der Waals surface area contributed by atoms with Crippen LogP contribution >= 0.6 is 0 Å². The van der Waals surface area contributed by atoms with Gasteiger partial charge in [0.1, 0.15) is 11.4 Å². The third-order valence-corrected chi connectivity index (χ3v) is 5.42. The molecular weight excluding hydrogens is 356 g/mol. The fourth-order valence-electron chi connectivity index (χ4n) is 3.57. The maximum absolute atomic E-state index is 13.2. The summed E-state index contributed by atoms with van der Waals surface area (Å²) in [5.74, 6) is 0.00485. The molecule has 1 aliphatic carbocycles. The van der Waals surface area contributed by atoms with Crippen molar-refractivity contribution in [3.63, 3.8) is 0 Å². The lowest BCUT2D eigenvalue weighted by Crippen LogP contribution is -2.28. The van der Waals surface area contributed by atoms with Crippen LogP contribution < -0.4 is 10.1 Å². The molecule has 0 unspecified atom stereocenters. The molecule has 2 N–H and O–H groups in total. The van der Waals surface area contributed by atoms with E-state index in [1.165, 1.54) is 7.11 Å². The minimum atomic E-state index is -0.544. The average Bonchev–Trinajstić information content (AvgIpc) is 3.45. The smallest absolute Gasteiger partial charge is 0.356 e. The second-order valence-corrected chi connectivity index (χ2v) is 7.18. The second-order valence-electron chi connectivity index (χ2n) is 7.18. The molecule has 3 aromatic rings. The molecule has 0 bridgehead atoms. The quantitative estimate of drug-likeness (QED) is 0.659. The van der Waals surface area contributed by atoms with Crippen LogP contribution in [0.4, 0.5) is 5.69 Å². The van der Waals surface area contributed by atoms with E-state index < -0.39 is 11.4 Å². The number of carbonyl (C=O) groups excluding carboxylic acids is 2. The number of aryl methyl sites for hydroxylation is 1. The normalized spacial score (nSPS) is 14.5. The van der Waals surface area contributed by atoms with Crippen LogP contribution in [0, 0.1) is 6.92 Å². The highest BCUT2D eigenvalue weighted by Gasteiger charge is 2.51. The Morgan fingerprint density at radius 1 is 1.07 bits per heavy atom. The molecule has 1 heterocycles. The zero-order valence-corrected chi connectivity index (χ0v) is 16.1. The van der Waals surface area contributed by atoms with E-state index in [2.05, 4.69) is 10.3 Å². The summed E-state index contributed by atoms with van der Waals surface area (Å²) >= 11 is 0. The third kappa shape index (κ3) is 2.91. The fourth-order valence-corrected chi connectivity index (χ4v) is 3.57. The first kappa shape index (κ1) is 18.1. The van der Waals surface area contributed by atoms with Gasteiger partial charge in [-0.05, 0) is 37.5 Å². The number of hydrogen-bond acceptors (Lipinski definition) is 4. The number of esters is 1. The number of hydrogen-bond donors (Lipinski definition) is 2. The van der Waals surface area contributed by atoms with E-state index in [0.717, 1.165) is 29.4 Å². The van der Waals surface area contributed by atoms with Gasteiger partial charge in [0.2, 0.25) is 5.91 Å². The molecule has 1 aromatic heterocycles. The van der Waals surface area contributed by atoms with Crippen LogP contribution in [0.25, 0.3) is 10.9 Å².